The Morgan fingerprint density at radius 3 is 2.88 bits per heavy atom. The van der Waals surface area contributed by atoms with E-state index in [1.54, 1.807) is 0 Å². The van der Waals surface area contributed by atoms with E-state index in [9.17, 15) is 0 Å². The molecule has 1 aromatic rings. The largest absolute Gasteiger partial charge is 0.378 e. The molecule has 0 amide bonds. The highest BCUT2D eigenvalue weighted by molar-refractivity contribution is 5.03. The molecule has 0 unspecified atom stereocenters. The minimum atomic E-state index is 0.275. The Labute approximate surface area is 103 Å². The Morgan fingerprint density at radius 2 is 2.12 bits per heavy atom. The van der Waals surface area contributed by atoms with Crippen molar-refractivity contribution in [1.82, 2.24) is 14.7 Å². The van der Waals surface area contributed by atoms with Gasteiger partial charge in [-0.1, -0.05) is 12.8 Å². The summed E-state index contributed by atoms with van der Waals surface area (Å²) in [6.07, 6.45) is 7.66. The third-order valence-corrected chi connectivity index (χ3v) is 4.16. The topological polar surface area (TPSA) is 30.3 Å². The van der Waals surface area contributed by atoms with Crippen molar-refractivity contribution in [2.45, 2.75) is 50.9 Å². The summed E-state index contributed by atoms with van der Waals surface area (Å²) in [5, 5.41) is 4.39. The minimum absolute atomic E-state index is 0.275. The minimum Gasteiger partial charge on any atom is -0.378 e. The third-order valence-electron chi connectivity index (χ3n) is 4.16. The van der Waals surface area contributed by atoms with E-state index in [0.29, 0.717) is 0 Å². The molecular formula is C13H21N3O. The molecule has 0 aromatic carbocycles. The Bertz CT molecular complexity index is 370. The van der Waals surface area contributed by atoms with E-state index in [1.165, 1.54) is 31.4 Å². The fourth-order valence-electron chi connectivity index (χ4n) is 3.14. The van der Waals surface area contributed by atoms with E-state index in [0.717, 1.165) is 25.7 Å². The standard InChI is InChI=1S/C13H21N3O/c1-17-13-9-15(11-4-2-3-5-11)8-12-6-7-14-16(12)10-13/h6-7,11,13H,2-5,8-10H2,1H3/t13-/m0/s1. The number of rotatable bonds is 2. The van der Waals surface area contributed by atoms with Gasteiger partial charge in [0.25, 0.3) is 0 Å². The lowest BCUT2D eigenvalue weighted by molar-refractivity contribution is 0.0437. The number of nitrogens with zero attached hydrogens (tertiary/aromatic N) is 3. The van der Waals surface area contributed by atoms with Crippen molar-refractivity contribution in [3.05, 3.63) is 18.0 Å². The third kappa shape index (κ3) is 2.24. The molecule has 0 spiro atoms. The molecule has 2 heterocycles. The van der Waals surface area contributed by atoms with Crippen molar-refractivity contribution in [2.24, 2.45) is 0 Å². The lowest BCUT2D eigenvalue weighted by Crippen LogP contribution is -2.38. The summed E-state index contributed by atoms with van der Waals surface area (Å²) in [7, 11) is 1.81. The Balaban J connectivity index is 1.80. The van der Waals surface area contributed by atoms with Crippen LogP contribution in [-0.4, -0.2) is 40.5 Å². The first-order valence-corrected chi connectivity index (χ1v) is 6.64. The van der Waals surface area contributed by atoms with Gasteiger partial charge >= 0.3 is 0 Å². The first-order chi connectivity index (χ1) is 8.36. The van der Waals surface area contributed by atoms with E-state index in [2.05, 4.69) is 20.7 Å². The number of fused-ring (bicyclic) bond motifs is 1. The van der Waals surface area contributed by atoms with Crippen LogP contribution < -0.4 is 0 Å². The highest BCUT2D eigenvalue weighted by atomic mass is 16.5. The van der Waals surface area contributed by atoms with Gasteiger partial charge in [-0.25, -0.2) is 0 Å². The van der Waals surface area contributed by atoms with Crippen molar-refractivity contribution >= 4 is 0 Å². The van der Waals surface area contributed by atoms with E-state index in [-0.39, 0.29) is 6.10 Å². The number of methoxy groups -OCH3 is 1. The first-order valence-electron chi connectivity index (χ1n) is 6.64. The van der Waals surface area contributed by atoms with E-state index in [4.69, 9.17) is 4.74 Å². The smallest absolute Gasteiger partial charge is 0.0894 e. The normalized spacial score (nSPS) is 27.0. The molecule has 4 nitrogen and oxygen atoms in total. The second kappa shape index (κ2) is 4.78. The number of hydrogen-bond acceptors (Lipinski definition) is 3. The quantitative estimate of drug-likeness (QED) is 0.781. The second-order valence-corrected chi connectivity index (χ2v) is 5.23. The van der Waals surface area contributed by atoms with Gasteiger partial charge in [0, 0.05) is 32.4 Å². The monoisotopic (exact) mass is 235 g/mol. The van der Waals surface area contributed by atoms with Crippen molar-refractivity contribution in [1.29, 1.82) is 0 Å². The van der Waals surface area contributed by atoms with Gasteiger partial charge in [0.05, 0.1) is 18.3 Å². The number of ether oxygens (including phenoxy) is 1. The van der Waals surface area contributed by atoms with Crippen molar-refractivity contribution in [3.63, 3.8) is 0 Å². The summed E-state index contributed by atoms with van der Waals surface area (Å²) >= 11 is 0. The first kappa shape index (κ1) is 11.2. The predicted octanol–water partition coefficient (Wildman–Crippen LogP) is 1.66. The summed E-state index contributed by atoms with van der Waals surface area (Å²) in [6, 6.07) is 2.90. The summed E-state index contributed by atoms with van der Waals surface area (Å²) in [4.78, 5) is 2.60. The van der Waals surface area contributed by atoms with Crippen LogP contribution in [0.15, 0.2) is 12.3 Å². The lowest BCUT2D eigenvalue weighted by Gasteiger charge is -2.28. The van der Waals surface area contributed by atoms with E-state index in [1.807, 2.05) is 13.3 Å². The Hall–Kier alpha value is -0.870. The zero-order valence-electron chi connectivity index (χ0n) is 10.5. The molecule has 1 aromatic heterocycles. The zero-order chi connectivity index (χ0) is 11.7. The SMILES string of the molecule is CO[C@H]1CN(C2CCCC2)Cc2ccnn2C1. The predicted molar refractivity (Wildman–Crippen MR) is 65.7 cm³/mol. The highest BCUT2D eigenvalue weighted by Crippen LogP contribution is 2.26. The van der Waals surface area contributed by atoms with Crippen LogP contribution in [0, 0.1) is 0 Å². The lowest BCUT2D eigenvalue weighted by atomic mass is 10.2. The average Bonchev–Trinajstić information content (AvgIpc) is 2.97. The average molecular weight is 235 g/mol. The Kier molecular flexibility index (Phi) is 3.16. The number of aromatic nitrogens is 2. The van der Waals surface area contributed by atoms with E-state index >= 15 is 0 Å². The van der Waals surface area contributed by atoms with Crippen LogP contribution in [0.4, 0.5) is 0 Å². The van der Waals surface area contributed by atoms with Crippen LogP contribution in [0.3, 0.4) is 0 Å². The number of hydrogen-bond donors (Lipinski definition) is 0. The molecule has 4 heteroatoms. The van der Waals surface area contributed by atoms with Gasteiger partial charge in [-0.15, -0.1) is 0 Å². The molecule has 1 saturated carbocycles. The molecule has 1 aliphatic heterocycles. The zero-order valence-corrected chi connectivity index (χ0v) is 10.5. The van der Waals surface area contributed by atoms with Crippen LogP contribution in [0.5, 0.6) is 0 Å². The summed E-state index contributed by atoms with van der Waals surface area (Å²) < 4.78 is 7.69. The molecule has 1 atom stereocenters. The van der Waals surface area contributed by atoms with Crippen LogP contribution in [-0.2, 0) is 17.8 Å². The molecule has 17 heavy (non-hydrogen) atoms. The molecule has 0 N–H and O–H groups in total. The second-order valence-electron chi connectivity index (χ2n) is 5.23. The van der Waals surface area contributed by atoms with Gasteiger partial charge in [-0.3, -0.25) is 9.58 Å². The fourth-order valence-corrected chi connectivity index (χ4v) is 3.14. The molecular weight excluding hydrogens is 214 g/mol. The molecule has 0 bridgehead atoms. The molecule has 0 saturated heterocycles. The highest BCUT2D eigenvalue weighted by Gasteiger charge is 2.28. The summed E-state index contributed by atoms with van der Waals surface area (Å²) in [6.45, 7) is 2.97. The van der Waals surface area contributed by atoms with Gasteiger partial charge < -0.3 is 4.74 Å². The molecule has 3 rings (SSSR count). The Morgan fingerprint density at radius 1 is 1.29 bits per heavy atom. The maximum atomic E-state index is 5.58. The maximum Gasteiger partial charge on any atom is 0.0894 e. The maximum absolute atomic E-state index is 5.58. The van der Waals surface area contributed by atoms with Crippen LogP contribution >= 0.6 is 0 Å². The van der Waals surface area contributed by atoms with Crippen molar-refractivity contribution in [2.75, 3.05) is 13.7 Å². The van der Waals surface area contributed by atoms with Crippen LogP contribution in [0.2, 0.25) is 0 Å². The molecule has 2 aliphatic rings. The molecule has 0 radical (unpaired) electrons. The molecule has 1 fully saturated rings. The van der Waals surface area contributed by atoms with E-state index < -0.39 is 0 Å². The summed E-state index contributed by atoms with van der Waals surface area (Å²) in [5.74, 6) is 0. The van der Waals surface area contributed by atoms with Crippen LogP contribution in [0.1, 0.15) is 31.4 Å². The van der Waals surface area contributed by atoms with Crippen molar-refractivity contribution < 1.29 is 4.74 Å². The van der Waals surface area contributed by atoms with Gasteiger partial charge in [-0.05, 0) is 18.9 Å². The van der Waals surface area contributed by atoms with Crippen LogP contribution in [0.25, 0.3) is 0 Å². The van der Waals surface area contributed by atoms with Gasteiger partial charge in [0.15, 0.2) is 0 Å². The van der Waals surface area contributed by atoms with Crippen molar-refractivity contribution in [3.8, 4) is 0 Å². The van der Waals surface area contributed by atoms with Gasteiger partial charge in [0.2, 0.25) is 0 Å². The molecule has 1 aliphatic carbocycles. The molecule has 94 valence electrons. The van der Waals surface area contributed by atoms with Gasteiger partial charge in [-0.2, -0.15) is 5.10 Å². The fraction of sp³-hybridized carbons (Fsp3) is 0.769. The van der Waals surface area contributed by atoms with Gasteiger partial charge in [0.1, 0.15) is 0 Å². The summed E-state index contributed by atoms with van der Waals surface area (Å²) in [5.41, 5.74) is 1.33.